The Morgan fingerprint density at radius 1 is 1.40 bits per heavy atom. The maximum absolute atomic E-state index is 13.7. The number of fused-ring (bicyclic) bond motifs is 1. The van der Waals surface area contributed by atoms with Gasteiger partial charge in [0, 0.05) is 16.5 Å². The van der Waals surface area contributed by atoms with Crippen molar-refractivity contribution in [3.8, 4) is 0 Å². The molecule has 1 heterocycles. The third-order valence-electron chi connectivity index (χ3n) is 3.57. The molecule has 0 amide bonds. The van der Waals surface area contributed by atoms with Crippen LogP contribution in [0.25, 0.3) is 0 Å². The molecule has 0 radical (unpaired) electrons. The second-order valence-electron chi connectivity index (χ2n) is 4.85. The average Bonchev–Trinajstić information content (AvgIpc) is 3.20. The third-order valence-corrected chi connectivity index (χ3v) is 3.80. The number of nitrogens with zero attached hydrogens (tertiary/aromatic N) is 1. The minimum absolute atomic E-state index is 0.0409. The summed E-state index contributed by atoms with van der Waals surface area (Å²) < 4.78 is 51.1. The third kappa shape index (κ3) is 1.85. The van der Waals surface area contributed by atoms with Gasteiger partial charge in [-0.1, -0.05) is 11.6 Å². The number of aliphatic imine (C=N–C) groups is 1. The van der Waals surface area contributed by atoms with Crippen LogP contribution in [0, 0.1) is 5.92 Å². The highest BCUT2D eigenvalue weighted by Crippen LogP contribution is 2.60. The van der Waals surface area contributed by atoms with Crippen LogP contribution in [-0.4, -0.2) is 19.4 Å². The Balaban J connectivity index is 2.25. The highest BCUT2D eigenvalue weighted by atomic mass is 35.5. The number of halogens is 4. The molecule has 1 atom stereocenters. The minimum atomic E-state index is -4.58. The van der Waals surface area contributed by atoms with E-state index in [1.165, 1.54) is 25.3 Å². The first kappa shape index (κ1) is 13.5. The van der Waals surface area contributed by atoms with Gasteiger partial charge in [-0.25, -0.2) is 0 Å². The summed E-state index contributed by atoms with van der Waals surface area (Å²) in [6.45, 7) is 0. The van der Waals surface area contributed by atoms with Gasteiger partial charge in [0.25, 0.3) is 0 Å². The number of benzene rings is 1. The van der Waals surface area contributed by atoms with Crippen LogP contribution in [0.5, 0.6) is 0 Å². The Kier molecular flexibility index (Phi) is 2.90. The van der Waals surface area contributed by atoms with Gasteiger partial charge in [-0.15, -0.1) is 0 Å². The Bertz CT molecular complexity index is 583. The minimum Gasteiger partial charge on any atom is -0.454 e. The number of ether oxygens (including phenoxy) is 2. The van der Waals surface area contributed by atoms with Crippen molar-refractivity contribution in [3.63, 3.8) is 0 Å². The summed E-state index contributed by atoms with van der Waals surface area (Å²) in [5.74, 6) is -0.639. The van der Waals surface area contributed by atoms with Crippen molar-refractivity contribution in [3.05, 3.63) is 28.8 Å². The fourth-order valence-corrected chi connectivity index (χ4v) is 2.71. The van der Waals surface area contributed by atoms with E-state index in [4.69, 9.17) is 21.1 Å². The first-order chi connectivity index (χ1) is 9.38. The number of alkyl halides is 3. The second-order valence-corrected chi connectivity index (χ2v) is 5.29. The summed E-state index contributed by atoms with van der Waals surface area (Å²) >= 11 is 5.85. The molecule has 1 aromatic rings. The predicted molar refractivity (Wildman–Crippen MR) is 67.1 cm³/mol. The number of methoxy groups -OCH3 is 1. The lowest BCUT2D eigenvalue weighted by Crippen LogP contribution is -2.49. The highest BCUT2D eigenvalue weighted by Gasteiger charge is 2.68. The molecule has 0 aromatic heterocycles. The van der Waals surface area contributed by atoms with Crippen molar-refractivity contribution < 1.29 is 22.6 Å². The van der Waals surface area contributed by atoms with E-state index in [2.05, 4.69) is 4.99 Å². The zero-order valence-corrected chi connectivity index (χ0v) is 11.3. The number of hydrogen-bond acceptors (Lipinski definition) is 3. The molecule has 2 aliphatic rings. The van der Waals surface area contributed by atoms with Crippen molar-refractivity contribution in [2.45, 2.75) is 24.6 Å². The summed E-state index contributed by atoms with van der Waals surface area (Å²) in [7, 11) is 1.23. The van der Waals surface area contributed by atoms with Crippen molar-refractivity contribution in [1.82, 2.24) is 0 Å². The topological polar surface area (TPSA) is 30.8 Å². The summed E-state index contributed by atoms with van der Waals surface area (Å²) in [6, 6.07) is 4.22. The zero-order chi connectivity index (χ0) is 14.5. The van der Waals surface area contributed by atoms with E-state index < -0.39 is 17.7 Å². The van der Waals surface area contributed by atoms with E-state index >= 15 is 0 Å². The van der Waals surface area contributed by atoms with E-state index in [1.807, 2.05) is 0 Å². The van der Waals surface area contributed by atoms with Gasteiger partial charge in [-0.3, -0.25) is 0 Å². The van der Waals surface area contributed by atoms with Gasteiger partial charge in [0.1, 0.15) is 0 Å². The van der Waals surface area contributed by atoms with Crippen molar-refractivity contribution in [2.24, 2.45) is 10.9 Å². The van der Waals surface area contributed by atoms with Crippen LogP contribution in [-0.2, 0) is 15.1 Å². The average molecular weight is 306 g/mol. The molecule has 0 spiro atoms. The largest absolute Gasteiger partial charge is 0.454 e. The van der Waals surface area contributed by atoms with Crippen molar-refractivity contribution in [1.29, 1.82) is 0 Å². The molecular formula is C13H11ClF3NO2. The van der Waals surface area contributed by atoms with Crippen LogP contribution < -0.4 is 0 Å². The lowest BCUT2D eigenvalue weighted by molar-refractivity contribution is -0.273. The predicted octanol–water partition coefficient (Wildman–Crippen LogP) is 4.17. The summed E-state index contributed by atoms with van der Waals surface area (Å²) in [5.41, 5.74) is -2.28. The van der Waals surface area contributed by atoms with Crippen LogP contribution in [0.3, 0.4) is 0 Å². The Hall–Kier alpha value is -1.43. The molecule has 1 saturated carbocycles. The fourth-order valence-electron chi connectivity index (χ4n) is 2.54. The molecule has 1 aliphatic heterocycles. The maximum Gasteiger partial charge on any atom is 0.433 e. The Labute approximate surface area is 118 Å². The fraction of sp³-hybridized carbons (Fsp3) is 0.462. The van der Waals surface area contributed by atoms with Gasteiger partial charge in [0.05, 0.1) is 12.8 Å². The Morgan fingerprint density at radius 3 is 2.65 bits per heavy atom. The summed E-state index contributed by atoms with van der Waals surface area (Å²) in [5, 5.41) is 0.220. The molecule has 0 saturated heterocycles. The van der Waals surface area contributed by atoms with Gasteiger partial charge < -0.3 is 9.47 Å². The highest BCUT2D eigenvalue weighted by molar-refractivity contribution is 6.30. The number of hydrogen-bond donors (Lipinski definition) is 0. The molecule has 1 unspecified atom stereocenters. The standard InChI is InChI=1S/C13H11ClF3NO2/c1-19-11-18-10-5-4-8(14)6-9(10)12(20-11,7-2-3-7)13(15,16)17/h4-7H,2-3H2,1H3. The molecular weight excluding hydrogens is 295 g/mol. The molecule has 1 fully saturated rings. The molecule has 7 heteroatoms. The van der Waals surface area contributed by atoms with Gasteiger partial charge in [-0.05, 0) is 31.0 Å². The lowest BCUT2D eigenvalue weighted by Gasteiger charge is -2.39. The second kappa shape index (κ2) is 4.28. The Morgan fingerprint density at radius 2 is 2.10 bits per heavy atom. The van der Waals surface area contributed by atoms with Crippen LogP contribution in [0.15, 0.2) is 23.2 Å². The maximum atomic E-state index is 13.7. The lowest BCUT2D eigenvalue weighted by atomic mass is 9.86. The van der Waals surface area contributed by atoms with Crippen LogP contribution in [0.2, 0.25) is 5.02 Å². The normalized spacial score (nSPS) is 25.6. The zero-order valence-electron chi connectivity index (χ0n) is 10.5. The molecule has 0 N–H and O–H groups in total. The molecule has 3 rings (SSSR count). The molecule has 3 nitrogen and oxygen atoms in total. The monoisotopic (exact) mass is 305 g/mol. The smallest absolute Gasteiger partial charge is 0.433 e. The van der Waals surface area contributed by atoms with Gasteiger partial charge >= 0.3 is 12.3 Å². The van der Waals surface area contributed by atoms with Crippen LogP contribution in [0.1, 0.15) is 18.4 Å². The van der Waals surface area contributed by atoms with E-state index in [1.54, 1.807) is 0 Å². The molecule has 0 bridgehead atoms. The van der Waals surface area contributed by atoms with E-state index in [9.17, 15) is 13.2 Å². The molecule has 1 aromatic carbocycles. The van der Waals surface area contributed by atoms with Crippen LogP contribution >= 0.6 is 11.6 Å². The number of rotatable bonds is 1. The first-order valence-corrected chi connectivity index (χ1v) is 6.44. The summed E-state index contributed by atoms with van der Waals surface area (Å²) in [4.78, 5) is 3.94. The van der Waals surface area contributed by atoms with E-state index in [0.717, 1.165) is 0 Å². The first-order valence-electron chi connectivity index (χ1n) is 6.07. The van der Waals surface area contributed by atoms with Crippen molar-refractivity contribution in [2.75, 3.05) is 7.11 Å². The van der Waals surface area contributed by atoms with E-state index in [-0.39, 0.29) is 22.4 Å². The van der Waals surface area contributed by atoms with Gasteiger partial charge in [-0.2, -0.15) is 18.2 Å². The van der Waals surface area contributed by atoms with Crippen molar-refractivity contribution >= 4 is 23.4 Å². The quantitative estimate of drug-likeness (QED) is 0.779. The molecule has 20 heavy (non-hydrogen) atoms. The van der Waals surface area contributed by atoms with E-state index in [0.29, 0.717) is 12.8 Å². The van der Waals surface area contributed by atoms with Gasteiger partial charge in [0.15, 0.2) is 0 Å². The molecule has 1 aliphatic carbocycles. The SMILES string of the molecule is COC1=Nc2ccc(Cl)cc2C(C2CC2)(C(F)(F)F)O1. The van der Waals surface area contributed by atoms with Gasteiger partial charge in [0.2, 0.25) is 5.60 Å². The summed E-state index contributed by atoms with van der Waals surface area (Å²) in [6.07, 6.45) is -4.05. The molecule has 108 valence electrons. The van der Waals surface area contributed by atoms with Crippen LogP contribution in [0.4, 0.5) is 18.9 Å².